The summed E-state index contributed by atoms with van der Waals surface area (Å²) in [5.74, 6) is 0.900. The maximum Gasteiger partial charge on any atom is 0.122 e. The van der Waals surface area contributed by atoms with E-state index in [1.807, 2.05) is 18.2 Å². The smallest absolute Gasteiger partial charge is 0.122 e. The first kappa shape index (κ1) is 16.1. The van der Waals surface area contributed by atoms with Crippen molar-refractivity contribution in [2.75, 3.05) is 13.7 Å². The molecule has 106 valence electrons. The highest BCUT2D eigenvalue weighted by Crippen LogP contribution is 2.25. The van der Waals surface area contributed by atoms with Gasteiger partial charge in [-0.1, -0.05) is 37.1 Å². The molecule has 2 nitrogen and oxygen atoms in total. The van der Waals surface area contributed by atoms with Crippen LogP contribution in [-0.4, -0.2) is 19.7 Å². The second-order valence-corrected chi connectivity index (χ2v) is 5.52. The van der Waals surface area contributed by atoms with Gasteiger partial charge in [0, 0.05) is 11.1 Å². The van der Waals surface area contributed by atoms with E-state index < -0.39 is 0 Å². The van der Waals surface area contributed by atoms with Gasteiger partial charge >= 0.3 is 0 Å². The van der Waals surface area contributed by atoms with Crippen LogP contribution in [0.25, 0.3) is 0 Å². The van der Waals surface area contributed by atoms with Crippen LogP contribution in [0.4, 0.5) is 0 Å². The molecule has 0 aliphatic rings. The van der Waals surface area contributed by atoms with Gasteiger partial charge in [-0.05, 0) is 50.1 Å². The van der Waals surface area contributed by atoms with Gasteiger partial charge in [-0.15, -0.1) is 0 Å². The number of methoxy groups -OCH3 is 1. The van der Waals surface area contributed by atoms with Crippen LogP contribution in [0.1, 0.15) is 32.8 Å². The van der Waals surface area contributed by atoms with Crippen molar-refractivity contribution in [3.8, 4) is 5.75 Å². The third-order valence-corrected chi connectivity index (χ3v) is 3.14. The maximum absolute atomic E-state index is 6.03. The fourth-order valence-corrected chi connectivity index (χ4v) is 2.14. The van der Waals surface area contributed by atoms with E-state index in [9.17, 15) is 0 Å². The molecule has 0 bridgehead atoms. The lowest BCUT2D eigenvalue weighted by molar-refractivity contribution is 0.410. The summed E-state index contributed by atoms with van der Waals surface area (Å²) in [6, 6.07) is 6.30. The molecule has 0 unspecified atom stereocenters. The SMILES string of the molecule is COc1ccc(Cl)cc1CC(C)=CCCNC(C)C. The Kier molecular flexibility index (Phi) is 6.96. The Bertz CT molecular complexity index is 427. The first-order chi connectivity index (χ1) is 9.02. The zero-order valence-corrected chi connectivity index (χ0v) is 13.1. The van der Waals surface area contributed by atoms with Gasteiger partial charge in [0.1, 0.15) is 5.75 Å². The van der Waals surface area contributed by atoms with Crippen LogP contribution in [0.15, 0.2) is 29.8 Å². The predicted molar refractivity (Wildman–Crippen MR) is 83.2 cm³/mol. The highest BCUT2D eigenvalue weighted by atomic mass is 35.5. The van der Waals surface area contributed by atoms with Crippen molar-refractivity contribution >= 4 is 11.6 Å². The number of allylic oxidation sites excluding steroid dienone is 1. The summed E-state index contributed by atoms with van der Waals surface area (Å²) < 4.78 is 5.36. The molecule has 0 heterocycles. The Balaban J connectivity index is 2.58. The molecule has 0 fully saturated rings. The number of rotatable bonds is 7. The fourth-order valence-electron chi connectivity index (χ4n) is 1.95. The van der Waals surface area contributed by atoms with Crippen molar-refractivity contribution in [3.05, 3.63) is 40.4 Å². The number of nitrogens with one attached hydrogen (secondary N) is 1. The Morgan fingerprint density at radius 3 is 2.79 bits per heavy atom. The standard InChI is InChI=1S/C16H24ClNO/c1-12(2)18-9-5-6-13(3)10-14-11-15(17)7-8-16(14)19-4/h6-8,11-12,18H,5,9-10H2,1-4H3. The molecule has 0 radical (unpaired) electrons. The lowest BCUT2D eigenvalue weighted by atomic mass is 10.0. The van der Waals surface area contributed by atoms with Gasteiger partial charge in [-0.25, -0.2) is 0 Å². The lowest BCUT2D eigenvalue weighted by Crippen LogP contribution is -2.23. The third kappa shape index (κ3) is 6.13. The molecular weight excluding hydrogens is 258 g/mol. The van der Waals surface area contributed by atoms with Crippen LogP contribution in [0.5, 0.6) is 5.75 Å². The quantitative estimate of drug-likeness (QED) is 0.597. The molecule has 1 aromatic carbocycles. The normalized spacial score (nSPS) is 12.0. The summed E-state index contributed by atoms with van der Waals surface area (Å²) in [5, 5.41) is 4.16. The van der Waals surface area contributed by atoms with E-state index in [-0.39, 0.29) is 0 Å². The number of benzene rings is 1. The van der Waals surface area contributed by atoms with E-state index in [1.165, 1.54) is 5.57 Å². The molecular formula is C16H24ClNO. The summed E-state index contributed by atoms with van der Waals surface area (Å²) in [6.45, 7) is 7.48. The Morgan fingerprint density at radius 2 is 2.16 bits per heavy atom. The minimum absolute atomic E-state index is 0.543. The predicted octanol–water partition coefficient (Wildman–Crippen LogP) is 4.23. The number of hydrogen-bond acceptors (Lipinski definition) is 2. The zero-order chi connectivity index (χ0) is 14.3. The van der Waals surface area contributed by atoms with E-state index in [4.69, 9.17) is 16.3 Å². The molecule has 0 aliphatic heterocycles. The van der Waals surface area contributed by atoms with Gasteiger partial charge in [0.15, 0.2) is 0 Å². The molecule has 1 rings (SSSR count). The Labute approximate surface area is 121 Å². The van der Waals surface area contributed by atoms with E-state index in [1.54, 1.807) is 7.11 Å². The molecule has 0 aliphatic carbocycles. The first-order valence-corrected chi connectivity index (χ1v) is 7.12. The molecule has 0 atom stereocenters. The second kappa shape index (κ2) is 8.23. The summed E-state index contributed by atoms with van der Waals surface area (Å²) in [6.07, 6.45) is 4.20. The van der Waals surface area contributed by atoms with Gasteiger partial charge < -0.3 is 10.1 Å². The van der Waals surface area contributed by atoms with Crippen molar-refractivity contribution in [1.29, 1.82) is 0 Å². The number of hydrogen-bond donors (Lipinski definition) is 1. The van der Waals surface area contributed by atoms with E-state index in [2.05, 4.69) is 32.2 Å². The van der Waals surface area contributed by atoms with Gasteiger partial charge in [0.25, 0.3) is 0 Å². The summed E-state index contributed by atoms with van der Waals surface area (Å²) >= 11 is 6.03. The summed E-state index contributed by atoms with van der Waals surface area (Å²) in [7, 11) is 1.69. The van der Waals surface area contributed by atoms with Crippen LogP contribution in [-0.2, 0) is 6.42 Å². The van der Waals surface area contributed by atoms with Crippen molar-refractivity contribution in [2.45, 2.75) is 39.7 Å². The van der Waals surface area contributed by atoms with Crippen molar-refractivity contribution in [1.82, 2.24) is 5.32 Å². The molecule has 1 aromatic rings. The van der Waals surface area contributed by atoms with Crippen molar-refractivity contribution in [3.63, 3.8) is 0 Å². The van der Waals surface area contributed by atoms with Crippen molar-refractivity contribution < 1.29 is 4.74 Å². The topological polar surface area (TPSA) is 21.3 Å². The van der Waals surface area contributed by atoms with Gasteiger partial charge in [-0.2, -0.15) is 0 Å². The van der Waals surface area contributed by atoms with Crippen LogP contribution in [0, 0.1) is 0 Å². The zero-order valence-electron chi connectivity index (χ0n) is 12.3. The van der Waals surface area contributed by atoms with Gasteiger partial charge in [0.05, 0.1) is 7.11 Å². The van der Waals surface area contributed by atoms with Gasteiger partial charge in [0.2, 0.25) is 0 Å². The molecule has 19 heavy (non-hydrogen) atoms. The monoisotopic (exact) mass is 281 g/mol. The molecule has 0 saturated carbocycles. The Hall–Kier alpha value is -0.990. The fraction of sp³-hybridized carbons (Fsp3) is 0.500. The maximum atomic E-state index is 6.03. The molecule has 0 spiro atoms. The van der Waals surface area contributed by atoms with E-state index >= 15 is 0 Å². The highest BCUT2D eigenvalue weighted by molar-refractivity contribution is 6.30. The second-order valence-electron chi connectivity index (χ2n) is 5.08. The average Bonchev–Trinajstić information content (AvgIpc) is 2.35. The van der Waals surface area contributed by atoms with Crippen LogP contribution >= 0.6 is 11.6 Å². The summed E-state index contributed by atoms with van der Waals surface area (Å²) in [4.78, 5) is 0. The lowest BCUT2D eigenvalue weighted by Gasteiger charge is -2.10. The molecule has 0 aromatic heterocycles. The van der Waals surface area contributed by atoms with E-state index in [0.29, 0.717) is 6.04 Å². The van der Waals surface area contributed by atoms with E-state index in [0.717, 1.165) is 35.7 Å². The minimum atomic E-state index is 0.543. The third-order valence-electron chi connectivity index (χ3n) is 2.90. The molecule has 0 amide bonds. The van der Waals surface area contributed by atoms with Crippen LogP contribution in [0.2, 0.25) is 5.02 Å². The molecule has 1 N–H and O–H groups in total. The Morgan fingerprint density at radius 1 is 1.42 bits per heavy atom. The highest BCUT2D eigenvalue weighted by Gasteiger charge is 2.04. The van der Waals surface area contributed by atoms with Crippen LogP contribution in [0.3, 0.4) is 0 Å². The molecule has 3 heteroatoms. The number of ether oxygens (including phenoxy) is 1. The number of halogens is 1. The van der Waals surface area contributed by atoms with Crippen LogP contribution < -0.4 is 10.1 Å². The molecule has 0 saturated heterocycles. The largest absolute Gasteiger partial charge is 0.496 e. The average molecular weight is 282 g/mol. The van der Waals surface area contributed by atoms with Gasteiger partial charge in [-0.3, -0.25) is 0 Å². The summed E-state index contributed by atoms with van der Waals surface area (Å²) in [5.41, 5.74) is 2.48. The first-order valence-electron chi connectivity index (χ1n) is 6.74. The van der Waals surface area contributed by atoms with Crippen molar-refractivity contribution in [2.24, 2.45) is 0 Å². The minimum Gasteiger partial charge on any atom is -0.496 e.